The fraction of sp³-hybridized carbons (Fsp3) is 0.532. The second kappa shape index (κ2) is 34.1. The molecule has 3 saturated heterocycles. The minimum atomic E-state index is -1.59. The molecule has 4 aliphatic rings. The van der Waals surface area contributed by atoms with Crippen LogP contribution in [-0.2, 0) is 64.9 Å². The van der Waals surface area contributed by atoms with Crippen LogP contribution in [0.2, 0.25) is 0 Å². The Morgan fingerprint density at radius 1 is 0.802 bits per heavy atom. The van der Waals surface area contributed by atoms with Gasteiger partial charge in [0.1, 0.15) is 23.2 Å². The van der Waals surface area contributed by atoms with Crippen molar-refractivity contribution in [2.45, 2.75) is 143 Å². The minimum absolute atomic E-state index is 0.0171. The number of carbonyl (C=O) groups excluding carboxylic acids is 10. The normalized spacial score (nSPS) is 23.2. The molecule has 21 nitrogen and oxygen atoms in total. The topological polar surface area (TPSA) is 303 Å². The van der Waals surface area contributed by atoms with E-state index in [0.29, 0.717) is 63.0 Å². The molecule has 464 valence electrons. The molecule has 24 heteroatoms. The Balaban J connectivity index is 1.17. The zero-order chi connectivity index (χ0) is 61.5. The van der Waals surface area contributed by atoms with E-state index in [2.05, 4.69) is 26.3 Å². The number of likely N-dealkylation sites (tertiary alicyclic amines) is 1. The largest absolute Gasteiger partial charge is 0.454 e. The zero-order valence-electron chi connectivity index (χ0n) is 49.1. The highest BCUT2D eigenvalue weighted by Gasteiger charge is 2.41. The Kier molecular flexibility index (Phi) is 26.5. The van der Waals surface area contributed by atoms with Gasteiger partial charge in [-0.3, -0.25) is 43.2 Å². The number of fused-ring (bicyclic) bond motifs is 2. The number of aromatic nitrogens is 1. The van der Waals surface area contributed by atoms with Crippen LogP contribution in [0, 0.1) is 11.8 Å². The molecule has 0 unspecified atom stereocenters. The van der Waals surface area contributed by atoms with Gasteiger partial charge in [0, 0.05) is 74.2 Å². The van der Waals surface area contributed by atoms with E-state index in [0.717, 1.165) is 27.3 Å². The van der Waals surface area contributed by atoms with Crippen LogP contribution in [0.1, 0.15) is 107 Å². The van der Waals surface area contributed by atoms with Crippen LogP contribution in [0.5, 0.6) is 0 Å². The van der Waals surface area contributed by atoms with Crippen LogP contribution in [-0.4, -0.2) is 173 Å². The number of ketones is 2. The molecule has 86 heavy (non-hydrogen) atoms. The molecular weight excluding hydrogens is 1160 g/mol. The minimum Gasteiger partial charge on any atom is -0.454 e. The van der Waals surface area contributed by atoms with E-state index in [1.54, 1.807) is 6.20 Å². The molecule has 3 fully saturated rings. The number of benzene rings is 2. The predicted molar refractivity (Wildman–Crippen MR) is 331 cm³/mol. The molecule has 1 aliphatic carbocycles. The number of hydrogen-bond donors (Lipinski definition) is 6. The van der Waals surface area contributed by atoms with Crippen LogP contribution in [0.3, 0.4) is 0 Å². The van der Waals surface area contributed by atoms with E-state index >= 15 is 0 Å². The Hall–Kier alpha value is -6.60. The second-order valence-electron chi connectivity index (χ2n) is 22.6. The van der Waals surface area contributed by atoms with Gasteiger partial charge in [-0.1, -0.05) is 90.4 Å². The first kappa shape index (κ1) is 66.9. The van der Waals surface area contributed by atoms with E-state index in [1.165, 1.54) is 43.1 Å². The number of nitrogens with two attached hydrogens (primary N) is 2. The molecule has 0 bridgehead atoms. The number of allylic oxidation sites excluding steroid dienone is 1. The Bertz CT molecular complexity index is 2890. The number of nitrogens with one attached hydrogen (secondary N) is 4. The van der Waals surface area contributed by atoms with E-state index in [1.807, 2.05) is 97.9 Å². The van der Waals surface area contributed by atoms with Crippen molar-refractivity contribution >= 4 is 97.8 Å². The maximum atomic E-state index is 14.9. The van der Waals surface area contributed by atoms with Crippen molar-refractivity contribution in [1.29, 1.82) is 0 Å². The fourth-order valence-corrected chi connectivity index (χ4v) is 14.3. The molecule has 4 heterocycles. The van der Waals surface area contributed by atoms with Crippen molar-refractivity contribution in [3.63, 3.8) is 0 Å². The van der Waals surface area contributed by atoms with E-state index < -0.39 is 114 Å². The first-order valence-corrected chi connectivity index (χ1v) is 33.2. The van der Waals surface area contributed by atoms with Crippen molar-refractivity contribution in [2.75, 3.05) is 58.4 Å². The Morgan fingerprint density at radius 2 is 1.51 bits per heavy atom. The summed E-state index contributed by atoms with van der Waals surface area (Å²) in [4.78, 5) is 152. The van der Waals surface area contributed by atoms with E-state index in [9.17, 15) is 47.9 Å². The standard InChI is InChI=1S/C62H82N10O11S3/c1-70(2)29-13-10-20-43-33-52(73)49(39-84-37-40-16-4-3-5-17-40)67-54(75)35-47(61(81)72-31-15-23-51(72)57(64)77)68-58(78)44(19-8-11-28-66-60(80)46(63)38-85-86-55-24-9-12-27-65-55)34-53(74)50-22-14-30-71(50)56(76)36-83-62(82)48(69-59(43)79)32-42-26-25-41-18-6-7-21-45(41)42/h3-7,9,12,16-18,21,24,26-27,43-44,46-51H,8,10-11,13-15,19-20,22-23,25,28-39,63H2,1-2H3,(H2,64,77)(H,66,80)(H,67,75)(H,68,78)(H,69,79)/t43-,44-,46+,47+,48+,49+,50+,51+/m1/s1. The summed E-state index contributed by atoms with van der Waals surface area (Å²) in [6, 6.07) is 15.8. The summed E-state index contributed by atoms with van der Waals surface area (Å²) >= 11 is 1.38. The lowest BCUT2D eigenvalue weighted by atomic mass is 9.91. The summed E-state index contributed by atoms with van der Waals surface area (Å²) < 4.78 is 5.76. The maximum absolute atomic E-state index is 14.9. The van der Waals surface area contributed by atoms with Gasteiger partial charge in [0.2, 0.25) is 35.4 Å². The quantitative estimate of drug-likeness (QED) is 0.0441. The number of Topliss-reactive ketones (excluding diaryl/α,β-unsaturated/α-hetero) is 2. The van der Waals surface area contributed by atoms with E-state index in [-0.39, 0.29) is 76.2 Å². The van der Waals surface area contributed by atoms with Crippen molar-refractivity contribution in [3.05, 3.63) is 102 Å². The number of hydrogen-bond acceptors (Lipinski definition) is 17. The van der Waals surface area contributed by atoms with Gasteiger partial charge >= 0.3 is 5.97 Å². The number of unbranched alkanes of at least 4 members (excludes halogenated alkanes) is 2. The van der Waals surface area contributed by atoms with Gasteiger partial charge < -0.3 is 52.2 Å². The first-order chi connectivity index (χ1) is 41.4. The highest BCUT2D eigenvalue weighted by molar-refractivity contribution is 8.76. The third-order valence-electron chi connectivity index (χ3n) is 15.9. The average Bonchev–Trinajstić information content (AvgIpc) is 4.03. The lowest BCUT2D eigenvalue weighted by molar-refractivity contribution is -0.155. The number of thioether (sulfide) groups is 1. The SMILES string of the molecule is CN(C)CCCC[C@@H]1CC(=O)[C@H](CSCc2ccccc2)NC(=O)C[C@@H](C(=O)N2CCC[C@H]2C(N)=O)NC(=O)[C@H](CCCCNC(=O)[C@@H](N)CSSc2ccccn2)CC(=O)[C@@H]2CCCN2C(=O)COC(=O)[C@H](CC2=CCc3ccccc32)NC1=O. The number of esters is 1. The number of cyclic esters (lactones) is 1. The number of primary amides is 1. The Labute approximate surface area is 515 Å². The Morgan fingerprint density at radius 3 is 2.26 bits per heavy atom. The molecule has 2 aromatic carbocycles. The highest BCUT2D eigenvalue weighted by Crippen LogP contribution is 2.32. The smallest absolute Gasteiger partial charge is 0.329 e. The number of amides is 7. The highest BCUT2D eigenvalue weighted by atomic mass is 33.1. The van der Waals surface area contributed by atoms with Crippen LogP contribution in [0.4, 0.5) is 0 Å². The predicted octanol–water partition coefficient (Wildman–Crippen LogP) is 4.15. The molecule has 3 aromatic rings. The third kappa shape index (κ3) is 20.2. The van der Waals surface area contributed by atoms with Crippen LogP contribution in [0.15, 0.2) is 90.1 Å². The number of carbonyl (C=O) groups is 10. The number of pyridine rings is 1. The summed E-state index contributed by atoms with van der Waals surface area (Å²) in [5.74, 6) is -7.75. The van der Waals surface area contributed by atoms with Gasteiger partial charge in [0.25, 0.3) is 5.91 Å². The van der Waals surface area contributed by atoms with Crippen LogP contribution in [0.25, 0.3) is 5.57 Å². The summed E-state index contributed by atoms with van der Waals surface area (Å²) in [6.07, 6.45) is 6.48. The molecule has 8 N–H and O–H groups in total. The maximum Gasteiger partial charge on any atom is 0.329 e. The fourth-order valence-electron chi connectivity index (χ4n) is 11.2. The second-order valence-corrected chi connectivity index (χ2v) is 26.0. The van der Waals surface area contributed by atoms with Crippen molar-refractivity contribution in [1.82, 2.24) is 41.0 Å². The van der Waals surface area contributed by atoms with Crippen molar-refractivity contribution in [3.8, 4) is 0 Å². The number of ether oxygens (including phenoxy) is 1. The zero-order valence-corrected chi connectivity index (χ0v) is 51.6. The summed E-state index contributed by atoms with van der Waals surface area (Å²) in [5, 5.41) is 12.2. The van der Waals surface area contributed by atoms with Gasteiger partial charge in [0.05, 0.1) is 24.5 Å². The molecule has 0 saturated carbocycles. The first-order valence-electron chi connectivity index (χ1n) is 29.7. The summed E-state index contributed by atoms with van der Waals surface area (Å²) in [6.45, 7) is 0.425. The van der Waals surface area contributed by atoms with Gasteiger partial charge in [-0.05, 0) is 124 Å². The van der Waals surface area contributed by atoms with Crippen LogP contribution >= 0.6 is 33.3 Å². The third-order valence-corrected chi connectivity index (χ3v) is 19.3. The molecule has 1 aromatic heterocycles. The number of rotatable bonds is 23. The molecule has 7 amide bonds. The van der Waals surface area contributed by atoms with Crippen molar-refractivity contribution < 1.29 is 52.7 Å². The monoisotopic (exact) mass is 1240 g/mol. The van der Waals surface area contributed by atoms with Crippen LogP contribution < -0.4 is 32.7 Å². The number of nitrogens with zero attached hydrogens (tertiary/aromatic N) is 4. The summed E-state index contributed by atoms with van der Waals surface area (Å²) in [7, 11) is 6.65. The van der Waals surface area contributed by atoms with Crippen molar-refractivity contribution in [2.24, 2.45) is 23.3 Å². The molecule has 7 rings (SSSR count). The molecule has 0 spiro atoms. The molecule has 0 radical (unpaired) electrons. The molecular formula is C62H82N10O11S3. The summed E-state index contributed by atoms with van der Waals surface area (Å²) in [5.41, 5.74) is 15.7. The van der Waals surface area contributed by atoms with Gasteiger partial charge in [-0.15, -0.1) is 0 Å². The van der Waals surface area contributed by atoms with Gasteiger partial charge in [-0.25, -0.2) is 9.78 Å². The average molecular weight is 1240 g/mol. The van der Waals surface area contributed by atoms with Gasteiger partial charge in [-0.2, -0.15) is 11.8 Å². The van der Waals surface area contributed by atoms with Gasteiger partial charge in [0.15, 0.2) is 18.2 Å². The lowest BCUT2D eigenvalue weighted by Gasteiger charge is -2.30. The molecule has 3 aliphatic heterocycles. The van der Waals surface area contributed by atoms with E-state index in [4.69, 9.17) is 16.2 Å². The lowest BCUT2D eigenvalue weighted by Crippen LogP contribution is -2.56. The molecule has 8 atom stereocenters.